The fourth-order valence-electron chi connectivity index (χ4n) is 3.21. The lowest BCUT2D eigenvalue weighted by Crippen LogP contribution is -2.56. The number of piperazine rings is 1. The molecular weight excluding hydrogens is 306 g/mol. The average Bonchev–Trinajstić information content (AvgIpc) is 2.84. The second-order valence-corrected chi connectivity index (χ2v) is 7.91. The molecule has 0 aromatic carbocycles. The van der Waals surface area contributed by atoms with Crippen molar-refractivity contribution in [3.05, 3.63) is 21.3 Å². The summed E-state index contributed by atoms with van der Waals surface area (Å²) in [4.78, 5) is 18.3. The van der Waals surface area contributed by atoms with Gasteiger partial charge in [-0.3, -0.25) is 9.69 Å². The molecule has 4 nitrogen and oxygen atoms in total. The number of rotatable bonds is 4. The number of nitrogens with zero attached hydrogens (tertiary/aromatic N) is 2. The van der Waals surface area contributed by atoms with Gasteiger partial charge in [-0.05, 0) is 25.0 Å². The molecule has 21 heavy (non-hydrogen) atoms. The van der Waals surface area contributed by atoms with Gasteiger partial charge in [0.25, 0.3) is 0 Å². The number of amides is 1. The van der Waals surface area contributed by atoms with E-state index in [0.29, 0.717) is 6.54 Å². The van der Waals surface area contributed by atoms with Gasteiger partial charge in [-0.2, -0.15) is 0 Å². The standard InChI is InChI=1S/C15H22ClN3OS/c16-13-3-2-12(21-13)10-18-6-8-19(9-7-18)14(20)15(11-17)4-1-5-15/h2-3H,1,4-11,17H2. The Morgan fingerprint density at radius 1 is 1.29 bits per heavy atom. The van der Waals surface area contributed by atoms with E-state index in [9.17, 15) is 4.79 Å². The topological polar surface area (TPSA) is 49.6 Å². The molecule has 3 rings (SSSR count). The Hall–Kier alpha value is -0.620. The third-order valence-corrected chi connectivity index (χ3v) is 6.04. The molecule has 116 valence electrons. The Balaban J connectivity index is 1.52. The molecule has 6 heteroatoms. The quantitative estimate of drug-likeness (QED) is 0.922. The molecule has 2 aliphatic rings. The van der Waals surface area contributed by atoms with Crippen LogP contribution in [0.3, 0.4) is 0 Å². The Bertz CT molecular complexity index is 501. The van der Waals surface area contributed by atoms with Crippen LogP contribution in [0.15, 0.2) is 12.1 Å². The van der Waals surface area contributed by atoms with Crippen LogP contribution in [0.25, 0.3) is 0 Å². The smallest absolute Gasteiger partial charge is 0.230 e. The summed E-state index contributed by atoms with van der Waals surface area (Å²) in [6.45, 7) is 4.93. The molecule has 0 radical (unpaired) electrons. The number of hydrogen-bond donors (Lipinski definition) is 1. The van der Waals surface area contributed by atoms with Crippen molar-refractivity contribution in [2.75, 3.05) is 32.7 Å². The minimum Gasteiger partial charge on any atom is -0.340 e. The third kappa shape index (κ3) is 3.11. The first-order valence-electron chi connectivity index (χ1n) is 7.59. The molecule has 2 heterocycles. The predicted octanol–water partition coefficient (Wildman–Crippen LogP) is 2.17. The van der Waals surface area contributed by atoms with Crippen molar-refractivity contribution in [1.29, 1.82) is 0 Å². The molecule has 1 aliphatic heterocycles. The molecule has 1 amide bonds. The molecule has 1 aliphatic carbocycles. The highest BCUT2D eigenvalue weighted by Crippen LogP contribution is 2.41. The van der Waals surface area contributed by atoms with Crippen LogP contribution in [0, 0.1) is 5.41 Å². The summed E-state index contributed by atoms with van der Waals surface area (Å²) in [5, 5.41) is 0. The van der Waals surface area contributed by atoms with Gasteiger partial charge >= 0.3 is 0 Å². The van der Waals surface area contributed by atoms with E-state index in [1.165, 1.54) is 4.88 Å². The van der Waals surface area contributed by atoms with Gasteiger partial charge in [0.15, 0.2) is 0 Å². The first-order chi connectivity index (χ1) is 10.1. The van der Waals surface area contributed by atoms with Crippen molar-refractivity contribution < 1.29 is 4.79 Å². The maximum atomic E-state index is 12.6. The summed E-state index contributed by atoms with van der Waals surface area (Å²) >= 11 is 7.60. The minimum atomic E-state index is -0.233. The molecule has 0 unspecified atom stereocenters. The Labute approximate surface area is 134 Å². The number of nitrogens with two attached hydrogens (primary N) is 1. The third-order valence-electron chi connectivity index (χ3n) is 4.82. The van der Waals surface area contributed by atoms with Crippen molar-refractivity contribution >= 4 is 28.8 Å². The Morgan fingerprint density at radius 3 is 2.48 bits per heavy atom. The Kier molecular flexibility index (Phi) is 4.54. The highest BCUT2D eigenvalue weighted by atomic mass is 35.5. The van der Waals surface area contributed by atoms with Crippen LogP contribution in [0.2, 0.25) is 4.34 Å². The lowest BCUT2D eigenvalue weighted by molar-refractivity contribution is -0.148. The predicted molar refractivity (Wildman–Crippen MR) is 86.5 cm³/mol. The van der Waals surface area contributed by atoms with Crippen LogP contribution in [-0.2, 0) is 11.3 Å². The molecule has 0 atom stereocenters. The number of thiophene rings is 1. The van der Waals surface area contributed by atoms with E-state index in [1.807, 2.05) is 11.0 Å². The minimum absolute atomic E-state index is 0.233. The van der Waals surface area contributed by atoms with Gasteiger partial charge in [0.1, 0.15) is 0 Å². The first kappa shape index (κ1) is 15.3. The van der Waals surface area contributed by atoms with E-state index in [4.69, 9.17) is 17.3 Å². The van der Waals surface area contributed by atoms with Crippen LogP contribution >= 0.6 is 22.9 Å². The van der Waals surface area contributed by atoms with E-state index in [-0.39, 0.29) is 11.3 Å². The molecular formula is C15H22ClN3OS. The second kappa shape index (κ2) is 6.24. The zero-order valence-electron chi connectivity index (χ0n) is 12.2. The van der Waals surface area contributed by atoms with E-state index in [0.717, 1.165) is 56.3 Å². The number of carbonyl (C=O) groups is 1. The number of carbonyl (C=O) groups excluding carboxylic acids is 1. The maximum Gasteiger partial charge on any atom is 0.230 e. The van der Waals surface area contributed by atoms with E-state index in [1.54, 1.807) is 11.3 Å². The molecule has 1 saturated heterocycles. The van der Waals surface area contributed by atoms with E-state index in [2.05, 4.69) is 11.0 Å². The fraction of sp³-hybridized carbons (Fsp3) is 0.667. The Morgan fingerprint density at radius 2 is 2.00 bits per heavy atom. The van der Waals surface area contributed by atoms with Gasteiger partial charge in [-0.15, -0.1) is 11.3 Å². The van der Waals surface area contributed by atoms with Gasteiger partial charge in [0, 0.05) is 44.1 Å². The van der Waals surface area contributed by atoms with Crippen molar-refractivity contribution in [3.63, 3.8) is 0 Å². The van der Waals surface area contributed by atoms with Crippen LogP contribution < -0.4 is 5.73 Å². The van der Waals surface area contributed by atoms with Crippen molar-refractivity contribution in [3.8, 4) is 0 Å². The SMILES string of the molecule is NCC1(C(=O)N2CCN(Cc3ccc(Cl)s3)CC2)CCC1. The normalized spacial score (nSPS) is 22.1. The van der Waals surface area contributed by atoms with E-state index < -0.39 is 0 Å². The lowest BCUT2D eigenvalue weighted by Gasteiger charge is -2.45. The van der Waals surface area contributed by atoms with Gasteiger partial charge in [0.2, 0.25) is 5.91 Å². The molecule has 2 fully saturated rings. The van der Waals surface area contributed by atoms with Gasteiger partial charge in [-0.1, -0.05) is 18.0 Å². The summed E-state index contributed by atoms with van der Waals surface area (Å²) in [5.41, 5.74) is 5.61. The largest absolute Gasteiger partial charge is 0.340 e. The summed E-state index contributed by atoms with van der Waals surface area (Å²) in [6, 6.07) is 4.03. The van der Waals surface area contributed by atoms with Crippen molar-refractivity contribution in [2.24, 2.45) is 11.1 Å². The summed E-state index contributed by atoms with van der Waals surface area (Å²) in [7, 11) is 0. The summed E-state index contributed by atoms with van der Waals surface area (Å²) in [6.07, 6.45) is 3.08. The van der Waals surface area contributed by atoms with Gasteiger partial charge in [0.05, 0.1) is 9.75 Å². The van der Waals surface area contributed by atoms with Crippen molar-refractivity contribution in [2.45, 2.75) is 25.8 Å². The van der Waals surface area contributed by atoms with Crippen molar-refractivity contribution in [1.82, 2.24) is 9.80 Å². The molecule has 2 N–H and O–H groups in total. The monoisotopic (exact) mass is 327 g/mol. The number of hydrogen-bond acceptors (Lipinski definition) is 4. The molecule has 0 spiro atoms. The maximum absolute atomic E-state index is 12.6. The van der Waals surface area contributed by atoms with Crippen LogP contribution in [0.5, 0.6) is 0 Å². The summed E-state index contributed by atoms with van der Waals surface area (Å²) < 4.78 is 0.841. The van der Waals surface area contributed by atoms with Crippen LogP contribution in [0.1, 0.15) is 24.1 Å². The van der Waals surface area contributed by atoms with E-state index >= 15 is 0 Å². The lowest BCUT2D eigenvalue weighted by atomic mass is 9.67. The molecule has 0 bridgehead atoms. The highest BCUT2D eigenvalue weighted by molar-refractivity contribution is 7.16. The first-order valence-corrected chi connectivity index (χ1v) is 8.78. The molecule has 1 aromatic rings. The van der Waals surface area contributed by atoms with Crippen LogP contribution in [-0.4, -0.2) is 48.4 Å². The fourth-order valence-corrected chi connectivity index (χ4v) is 4.34. The average molecular weight is 328 g/mol. The molecule has 1 saturated carbocycles. The highest BCUT2D eigenvalue weighted by Gasteiger charge is 2.45. The summed E-state index contributed by atoms with van der Waals surface area (Å²) in [5.74, 6) is 0.287. The zero-order valence-corrected chi connectivity index (χ0v) is 13.8. The zero-order chi connectivity index (χ0) is 14.9. The second-order valence-electron chi connectivity index (χ2n) is 6.11. The van der Waals surface area contributed by atoms with Crippen LogP contribution in [0.4, 0.5) is 0 Å². The van der Waals surface area contributed by atoms with Gasteiger partial charge in [-0.25, -0.2) is 0 Å². The van der Waals surface area contributed by atoms with Gasteiger partial charge < -0.3 is 10.6 Å². The number of halogens is 1. The molecule has 1 aromatic heterocycles.